The van der Waals surface area contributed by atoms with Gasteiger partial charge in [0.1, 0.15) is 11.6 Å². The molecule has 0 bridgehead atoms. The largest absolute Gasteiger partial charge is 0.496 e. The van der Waals surface area contributed by atoms with E-state index in [0.29, 0.717) is 16.9 Å². The summed E-state index contributed by atoms with van der Waals surface area (Å²) in [6.45, 7) is 0. The molecule has 2 aromatic carbocycles. The van der Waals surface area contributed by atoms with Gasteiger partial charge in [-0.3, -0.25) is 4.79 Å². The van der Waals surface area contributed by atoms with E-state index in [0.717, 1.165) is 3.57 Å². The summed E-state index contributed by atoms with van der Waals surface area (Å²) in [5.41, 5.74) is 3.07. The maximum Gasteiger partial charge on any atom is 0.271 e. The first-order chi connectivity index (χ1) is 10.1. The highest BCUT2D eigenvalue weighted by Gasteiger charge is 2.08. The molecule has 0 radical (unpaired) electrons. The first-order valence-corrected chi connectivity index (χ1v) is 7.11. The Kier molecular flexibility index (Phi) is 5.26. The lowest BCUT2D eigenvalue weighted by Gasteiger charge is -2.05. The standard InChI is InChI=1S/C15H12FIN2O2/c1-21-14-8-10(6-7-13(14)17)15(20)19-18-9-11-4-2-3-5-12(11)16/h2-9H,1H3,(H,19,20)/b18-9-. The van der Waals surface area contributed by atoms with Crippen LogP contribution in [0.15, 0.2) is 47.6 Å². The monoisotopic (exact) mass is 398 g/mol. The van der Waals surface area contributed by atoms with Gasteiger partial charge in [0.25, 0.3) is 5.91 Å². The fourth-order valence-corrected chi connectivity index (χ4v) is 2.16. The zero-order valence-corrected chi connectivity index (χ0v) is 13.3. The lowest BCUT2D eigenvalue weighted by Crippen LogP contribution is -2.17. The SMILES string of the molecule is COc1cc(C(=O)N/N=C\c2ccccc2F)ccc1I. The number of benzene rings is 2. The summed E-state index contributed by atoms with van der Waals surface area (Å²) in [5.74, 6) is -0.176. The summed E-state index contributed by atoms with van der Waals surface area (Å²) in [4.78, 5) is 11.9. The predicted octanol–water partition coefficient (Wildman–Crippen LogP) is 3.20. The highest BCUT2D eigenvalue weighted by molar-refractivity contribution is 14.1. The minimum atomic E-state index is -0.397. The van der Waals surface area contributed by atoms with E-state index in [1.165, 1.54) is 19.4 Å². The number of hydrogen-bond donors (Lipinski definition) is 1. The van der Waals surface area contributed by atoms with Gasteiger partial charge >= 0.3 is 0 Å². The molecule has 0 saturated carbocycles. The van der Waals surface area contributed by atoms with Crippen molar-refractivity contribution in [1.29, 1.82) is 0 Å². The first-order valence-electron chi connectivity index (χ1n) is 6.03. The number of methoxy groups -OCH3 is 1. The van der Waals surface area contributed by atoms with Gasteiger partial charge < -0.3 is 4.74 Å². The molecule has 0 aliphatic carbocycles. The predicted molar refractivity (Wildman–Crippen MR) is 87.2 cm³/mol. The molecule has 108 valence electrons. The van der Waals surface area contributed by atoms with Crippen LogP contribution in [0.3, 0.4) is 0 Å². The Morgan fingerprint density at radius 3 is 2.81 bits per heavy atom. The molecule has 0 atom stereocenters. The molecule has 6 heteroatoms. The number of nitrogens with zero attached hydrogens (tertiary/aromatic N) is 1. The van der Waals surface area contributed by atoms with Crippen LogP contribution in [0.1, 0.15) is 15.9 Å². The van der Waals surface area contributed by atoms with E-state index in [4.69, 9.17) is 4.74 Å². The summed E-state index contributed by atoms with van der Waals surface area (Å²) in [6.07, 6.45) is 1.26. The van der Waals surface area contributed by atoms with Gasteiger partial charge in [-0.2, -0.15) is 5.10 Å². The van der Waals surface area contributed by atoms with Crippen molar-refractivity contribution >= 4 is 34.7 Å². The molecule has 0 saturated heterocycles. The Balaban J connectivity index is 2.07. The van der Waals surface area contributed by atoms with Gasteiger partial charge in [-0.25, -0.2) is 9.82 Å². The summed E-state index contributed by atoms with van der Waals surface area (Å²) in [7, 11) is 1.54. The Morgan fingerprint density at radius 1 is 1.33 bits per heavy atom. The number of carbonyl (C=O) groups excluding carboxylic acids is 1. The molecule has 2 rings (SSSR count). The highest BCUT2D eigenvalue weighted by Crippen LogP contribution is 2.21. The molecule has 0 aliphatic heterocycles. The van der Waals surface area contributed by atoms with Gasteiger partial charge in [-0.15, -0.1) is 0 Å². The van der Waals surface area contributed by atoms with Crippen molar-refractivity contribution < 1.29 is 13.9 Å². The second kappa shape index (κ2) is 7.16. The molecule has 21 heavy (non-hydrogen) atoms. The Morgan fingerprint density at radius 2 is 2.10 bits per heavy atom. The molecule has 0 spiro atoms. The maximum absolute atomic E-state index is 13.4. The molecule has 0 unspecified atom stereocenters. The van der Waals surface area contributed by atoms with Crippen LogP contribution in [-0.2, 0) is 0 Å². The fourth-order valence-electron chi connectivity index (χ4n) is 1.61. The normalized spacial score (nSPS) is 10.6. The second-order valence-corrected chi connectivity index (χ2v) is 5.23. The third kappa shape index (κ3) is 4.01. The molecule has 0 aliphatic rings. The molecular weight excluding hydrogens is 386 g/mol. The number of rotatable bonds is 4. The van der Waals surface area contributed by atoms with E-state index in [1.807, 2.05) is 0 Å². The molecule has 0 aromatic heterocycles. The van der Waals surface area contributed by atoms with E-state index < -0.39 is 11.7 Å². The quantitative estimate of drug-likeness (QED) is 0.489. The Labute approximate surface area is 135 Å². The number of carbonyl (C=O) groups is 1. The van der Waals surface area contributed by atoms with Crippen molar-refractivity contribution in [2.75, 3.05) is 7.11 Å². The van der Waals surface area contributed by atoms with Crippen LogP contribution in [0.25, 0.3) is 0 Å². The number of amides is 1. The summed E-state index contributed by atoms with van der Waals surface area (Å²) in [5, 5.41) is 3.75. The fraction of sp³-hybridized carbons (Fsp3) is 0.0667. The highest BCUT2D eigenvalue weighted by atomic mass is 127. The Bertz CT molecular complexity index is 689. The Hall–Kier alpha value is -1.96. The van der Waals surface area contributed by atoms with Crippen molar-refractivity contribution in [3.63, 3.8) is 0 Å². The summed E-state index contributed by atoms with van der Waals surface area (Å²) < 4.78 is 19.4. The summed E-state index contributed by atoms with van der Waals surface area (Å²) in [6, 6.07) is 11.2. The van der Waals surface area contributed by atoms with Gasteiger partial charge in [0.15, 0.2) is 0 Å². The molecule has 0 fully saturated rings. The third-order valence-corrected chi connectivity index (χ3v) is 3.58. The molecule has 2 aromatic rings. The first kappa shape index (κ1) is 15.4. The second-order valence-electron chi connectivity index (χ2n) is 4.07. The molecule has 1 N–H and O–H groups in total. The van der Waals surface area contributed by atoms with Gasteiger partial charge in [0, 0.05) is 11.1 Å². The number of hydrogen-bond acceptors (Lipinski definition) is 3. The zero-order valence-electron chi connectivity index (χ0n) is 11.1. The number of ether oxygens (including phenoxy) is 1. The minimum Gasteiger partial charge on any atom is -0.496 e. The van der Waals surface area contributed by atoms with Gasteiger partial charge in [-0.05, 0) is 46.9 Å². The maximum atomic E-state index is 13.4. The molecule has 1 amide bonds. The van der Waals surface area contributed by atoms with Crippen molar-refractivity contribution in [1.82, 2.24) is 5.43 Å². The van der Waals surface area contributed by atoms with Crippen molar-refractivity contribution in [3.05, 3.63) is 63.0 Å². The molecule has 4 nitrogen and oxygen atoms in total. The van der Waals surface area contributed by atoms with Gasteiger partial charge in [-0.1, -0.05) is 18.2 Å². The van der Waals surface area contributed by atoms with Crippen LogP contribution in [-0.4, -0.2) is 19.2 Å². The van der Waals surface area contributed by atoms with Crippen molar-refractivity contribution in [2.45, 2.75) is 0 Å². The smallest absolute Gasteiger partial charge is 0.271 e. The third-order valence-electron chi connectivity index (χ3n) is 2.69. The van der Waals surface area contributed by atoms with Crippen molar-refractivity contribution in [2.24, 2.45) is 5.10 Å². The van der Waals surface area contributed by atoms with E-state index >= 15 is 0 Å². The van der Waals surface area contributed by atoms with Crippen LogP contribution in [0, 0.1) is 9.39 Å². The molecular formula is C15H12FIN2O2. The lowest BCUT2D eigenvalue weighted by atomic mass is 10.2. The van der Waals surface area contributed by atoms with E-state index in [9.17, 15) is 9.18 Å². The van der Waals surface area contributed by atoms with E-state index in [-0.39, 0.29) is 0 Å². The molecule has 0 heterocycles. The van der Waals surface area contributed by atoms with Crippen LogP contribution in [0.5, 0.6) is 5.75 Å². The van der Waals surface area contributed by atoms with Crippen LogP contribution < -0.4 is 10.2 Å². The zero-order chi connectivity index (χ0) is 15.2. The lowest BCUT2D eigenvalue weighted by molar-refractivity contribution is 0.0954. The summed E-state index contributed by atoms with van der Waals surface area (Å²) >= 11 is 2.11. The average Bonchev–Trinajstić information content (AvgIpc) is 2.49. The van der Waals surface area contributed by atoms with Gasteiger partial charge in [0.05, 0.1) is 16.9 Å². The van der Waals surface area contributed by atoms with Crippen LogP contribution >= 0.6 is 22.6 Å². The topological polar surface area (TPSA) is 50.7 Å². The van der Waals surface area contributed by atoms with E-state index in [1.54, 1.807) is 36.4 Å². The van der Waals surface area contributed by atoms with Crippen molar-refractivity contribution in [3.8, 4) is 5.75 Å². The number of hydrazone groups is 1. The van der Waals surface area contributed by atoms with Gasteiger partial charge in [0.2, 0.25) is 0 Å². The minimum absolute atomic E-state index is 0.304. The van der Waals surface area contributed by atoms with Crippen LogP contribution in [0.2, 0.25) is 0 Å². The number of halogens is 2. The number of nitrogens with one attached hydrogen (secondary N) is 1. The average molecular weight is 398 g/mol. The van der Waals surface area contributed by atoms with E-state index in [2.05, 4.69) is 33.1 Å². The van der Waals surface area contributed by atoms with Crippen LogP contribution in [0.4, 0.5) is 4.39 Å².